The van der Waals surface area contributed by atoms with Gasteiger partial charge in [-0.2, -0.15) is 0 Å². The molecular weight excluding hydrogens is 224 g/mol. The molecule has 100 valence electrons. The van der Waals surface area contributed by atoms with Gasteiger partial charge in [-0.15, -0.1) is 0 Å². The summed E-state index contributed by atoms with van der Waals surface area (Å²) in [6.07, 6.45) is 7.69. The number of nitrogens with zero attached hydrogens (tertiary/aromatic N) is 1. The summed E-state index contributed by atoms with van der Waals surface area (Å²) in [5, 5.41) is 3.40. The van der Waals surface area contributed by atoms with Crippen molar-refractivity contribution in [3.05, 3.63) is 29.6 Å². The highest BCUT2D eigenvalue weighted by Crippen LogP contribution is 2.39. The van der Waals surface area contributed by atoms with E-state index in [0.717, 1.165) is 18.5 Å². The van der Waals surface area contributed by atoms with Crippen LogP contribution >= 0.6 is 0 Å². The molecule has 0 radical (unpaired) electrons. The average molecular weight is 248 g/mol. The van der Waals surface area contributed by atoms with E-state index in [9.17, 15) is 0 Å². The van der Waals surface area contributed by atoms with Gasteiger partial charge in [-0.05, 0) is 51.3 Å². The molecule has 3 nitrogen and oxygen atoms in total. The second kappa shape index (κ2) is 5.81. The van der Waals surface area contributed by atoms with Gasteiger partial charge in [0, 0.05) is 31.5 Å². The molecule has 0 aromatic carbocycles. The lowest BCUT2D eigenvalue weighted by Gasteiger charge is -2.42. The summed E-state index contributed by atoms with van der Waals surface area (Å²) in [6.45, 7) is 2.07. The van der Waals surface area contributed by atoms with Crippen molar-refractivity contribution in [2.24, 2.45) is 0 Å². The highest BCUT2D eigenvalue weighted by molar-refractivity contribution is 5.13. The standard InChI is InChI=1S/C15H24N2O/c1-12-5-6-13(17-11-12)9-14(16-2)10-15(18-3)7-4-8-15/h5-6,11,14,16H,4,7-10H2,1-3H3. The summed E-state index contributed by atoms with van der Waals surface area (Å²) in [6, 6.07) is 4.70. The highest BCUT2D eigenvalue weighted by Gasteiger charge is 2.38. The molecule has 0 aliphatic heterocycles. The number of hydrogen-bond donors (Lipinski definition) is 1. The molecule has 1 aromatic rings. The van der Waals surface area contributed by atoms with E-state index in [0.29, 0.717) is 6.04 Å². The Morgan fingerprint density at radius 3 is 2.67 bits per heavy atom. The first-order valence-corrected chi connectivity index (χ1v) is 6.81. The summed E-state index contributed by atoms with van der Waals surface area (Å²) in [4.78, 5) is 4.48. The van der Waals surface area contributed by atoms with Gasteiger partial charge in [0.1, 0.15) is 0 Å². The van der Waals surface area contributed by atoms with Crippen LogP contribution < -0.4 is 5.32 Å². The van der Waals surface area contributed by atoms with Gasteiger partial charge in [0.25, 0.3) is 0 Å². The first-order chi connectivity index (χ1) is 8.67. The largest absolute Gasteiger partial charge is 0.378 e. The van der Waals surface area contributed by atoms with E-state index in [-0.39, 0.29) is 5.60 Å². The molecule has 1 atom stereocenters. The average Bonchev–Trinajstić information content (AvgIpc) is 2.35. The summed E-state index contributed by atoms with van der Waals surface area (Å²) >= 11 is 0. The van der Waals surface area contributed by atoms with Gasteiger partial charge in [-0.1, -0.05) is 6.07 Å². The van der Waals surface area contributed by atoms with Crippen molar-refractivity contribution < 1.29 is 4.74 Å². The zero-order chi connectivity index (χ0) is 13.0. The molecule has 1 aliphatic carbocycles. The van der Waals surface area contributed by atoms with Crippen molar-refractivity contribution in [1.29, 1.82) is 0 Å². The Bertz CT molecular complexity index is 365. The zero-order valence-corrected chi connectivity index (χ0v) is 11.7. The van der Waals surface area contributed by atoms with Crippen LogP contribution in [0.4, 0.5) is 0 Å². The van der Waals surface area contributed by atoms with Crippen molar-refractivity contribution in [3.63, 3.8) is 0 Å². The Hall–Kier alpha value is -0.930. The summed E-state index contributed by atoms with van der Waals surface area (Å²) in [5.74, 6) is 0. The minimum Gasteiger partial charge on any atom is -0.378 e. The van der Waals surface area contributed by atoms with Crippen LogP contribution in [0.2, 0.25) is 0 Å². The maximum Gasteiger partial charge on any atom is 0.0693 e. The summed E-state index contributed by atoms with van der Waals surface area (Å²) in [5.41, 5.74) is 2.50. The molecule has 1 aromatic heterocycles. The Labute approximate surface area is 110 Å². The highest BCUT2D eigenvalue weighted by atomic mass is 16.5. The minimum atomic E-state index is 0.123. The number of methoxy groups -OCH3 is 1. The van der Waals surface area contributed by atoms with Crippen LogP contribution in [0.15, 0.2) is 18.3 Å². The Balaban J connectivity index is 1.94. The first-order valence-electron chi connectivity index (χ1n) is 6.81. The summed E-state index contributed by atoms with van der Waals surface area (Å²) in [7, 11) is 3.87. The number of likely N-dealkylation sites (N-methyl/N-ethyl adjacent to an activating group) is 1. The van der Waals surface area contributed by atoms with Gasteiger partial charge in [0.15, 0.2) is 0 Å². The molecule has 0 spiro atoms. The van der Waals surface area contributed by atoms with Crippen LogP contribution in [0.25, 0.3) is 0 Å². The molecule has 0 bridgehead atoms. The lowest BCUT2D eigenvalue weighted by atomic mass is 9.75. The fourth-order valence-electron chi connectivity index (χ4n) is 2.66. The Kier molecular flexibility index (Phi) is 4.36. The molecular formula is C15H24N2O. The fraction of sp³-hybridized carbons (Fsp3) is 0.667. The topological polar surface area (TPSA) is 34.2 Å². The zero-order valence-electron chi connectivity index (χ0n) is 11.7. The second-order valence-electron chi connectivity index (χ2n) is 5.46. The molecule has 1 aliphatic rings. The van der Waals surface area contributed by atoms with E-state index in [4.69, 9.17) is 4.74 Å². The van der Waals surface area contributed by atoms with Crippen molar-refractivity contribution in [2.45, 2.75) is 50.7 Å². The van der Waals surface area contributed by atoms with Crippen LogP contribution in [-0.4, -0.2) is 30.8 Å². The van der Waals surface area contributed by atoms with Crippen molar-refractivity contribution in [2.75, 3.05) is 14.2 Å². The van der Waals surface area contributed by atoms with E-state index in [1.165, 1.54) is 24.8 Å². The Morgan fingerprint density at radius 2 is 2.22 bits per heavy atom. The normalized spacial score (nSPS) is 19.3. The predicted octanol–water partition coefficient (Wildman–Crippen LogP) is 2.48. The van der Waals surface area contributed by atoms with Crippen molar-refractivity contribution >= 4 is 0 Å². The van der Waals surface area contributed by atoms with Crippen LogP contribution in [0.5, 0.6) is 0 Å². The van der Waals surface area contributed by atoms with E-state index in [1.54, 1.807) is 0 Å². The molecule has 18 heavy (non-hydrogen) atoms. The maximum absolute atomic E-state index is 5.70. The van der Waals surface area contributed by atoms with Crippen LogP contribution in [0.1, 0.15) is 36.9 Å². The number of hydrogen-bond acceptors (Lipinski definition) is 3. The fourth-order valence-corrected chi connectivity index (χ4v) is 2.66. The maximum atomic E-state index is 5.70. The van der Waals surface area contributed by atoms with Crippen LogP contribution in [0.3, 0.4) is 0 Å². The van der Waals surface area contributed by atoms with Gasteiger partial charge in [-0.25, -0.2) is 0 Å². The number of pyridine rings is 1. The molecule has 0 amide bonds. The molecule has 1 unspecified atom stereocenters. The van der Waals surface area contributed by atoms with Gasteiger partial charge in [-0.3, -0.25) is 4.98 Å². The second-order valence-corrected chi connectivity index (χ2v) is 5.46. The SMILES string of the molecule is CNC(Cc1ccc(C)cn1)CC1(OC)CCC1. The van der Waals surface area contributed by atoms with E-state index in [2.05, 4.69) is 29.4 Å². The first kappa shape index (κ1) is 13.5. The molecule has 2 rings (SSSR count). The molecule has 1 N–H and O–H groups in total. The molecule has 3 heteroatoms. The number of aryl methyl sites for hydroxylation is 1. The number of aromatic nitrogens is 1. The lowest BCUT2D eigenvalue weighted by Crippen LogP contribution is -2.45. The van der Waals surface area contributed by atoms with Crippen molar-refractivity contribution in [1.82, 2.24) is 10.3 Å². The number of ether oxygens (including phenoxy) is 1. The monoisotopic (exact) mass is 248 g/mol. The molecule has 1 heterocycles. The minimum absolute atomic E-state index is 0.123. The predicted molar refractivity (Wildman–Crippen MR) is 73.7 cm³/mol. The van der Waals surface area contributed by atoms with Crippen LogP contribution in [-0.2, 0) is 11.2 Å². The van der Waals surface area contributed by atoms with Gasteiger partial charge in [0.05, 0.1) is 5.60 Å². The lowest BCUT2D eigenvalue weighted by molar-refractivity contribution is -0.0830. The Morgan fingerprint density at radius 1 is 1.44 bits per heavy atom. The van der Waals surface area contributed by atoms with Gasteiger partial charge >= 0.3 is 0 Å². The quantitative estimate of drug-likeness (QED) is 0.840. The summed E-state index contributed by atoms with van der Waals surface area (Å²) < 4.78 is 5.70. The third-order valence-electron chi connectivity index (χ3n) is 4.15. The third kappa shape index (κ3) is 3.09. The van der Waals surface area contributed by atoms with Gasteiger partial charge < -0.3 is 10.1 Å². The molecule has 1 saturated carbocycles. The van der Waals surface area contributed by atoms with Crippen molar-refractivity contribution in [3.8, 4) is 0 Å². The van der Waals surface area contributed by atoms with Crippen LogP contribution in [0, 0.1) is 6.92 Å². The molecule has 0 saturated heterocycles. The van der Waals surface area contributed by atoms with E-state index >= 15 is 0 Å². The molecule has 1 fully saturated rings. The smallest absolute Gasteiger partial charge is 0.0693 e. The van der Waals surface area contributed by atoms with E-state index < -0.39 is 0 Å². The number of rotatable bonds is 6. The van der Waals surface area contributed by atoms with Gasteiger partial charge in [0.2, 0.25) is 0 Å². The van der Waals surface area contributed by atoms with E-state index in [1.807, 2.05) is 20.4 Å². The number of nitrogens with one attached hydrogen (secondary N) is 1. The third-order valence-corrected chi connectivity index (χ3v) is 4.15.